The Labute approximate surface area is 90.6 Å². The second-order valence-electron chi connectivity index (χ2n) is 4.06. The fourth-order valence-electron chi connectivity index (χ4n) is 1.93. The topological polar surface area (TPSA) is 29.3 Å². The molecule has 0 saturated carbocycles. The van der Waals surface area contributed by atoms with Crippen LogP contribution in [0.4, 0.5) is 8.78 Å². The molecule has 2 heterocycles. The van der Waals surface area contributed by atoms with E-state index in [-0.39, 0.29) is 5.82 Å². The number of benzene rings is 1. The van der Waals surface area contributed by atoms with Gasteiger partial charge in [0.15, 0.2) is 5.58 Å². The maximum Gasteiger partial charge on any atom is 0.170 e. The minimum absolute atomic E-state index is 0.344. The molecular weight excluding hydrogens is 214 g/mol. The molecule has 1 aliphatic heterocycles. The van der Waals surface area contributed by atoms with E-state index in [2.05, 4.69) is 5.16 Å². The summed E-state index contributed by atoms with van der Waals surface area (Å²) in [6.07, 6.45) is -0.726. The van der Waals surface area contributed by atoms with Crippen LogP contribution >= 0.6 is 0 Å². The molecule has 2 aromatic rings. The van der Waals surface area contributed by atoms with Crippen molar-refractivity contribution in [2.24, 2.45) is 0 Å². The Bertz CT molecular complexity index is 520. The van der Waals surface area contributed by atoms with Crippen LogP contribution in [0.1, 0.15) is 5.69 Å². The Kier molecular flexibility index (Phi) is 2.14. The van der Waals surface area contributed by atoms with Gasteiger partial charge in [0.1, 0.15) is 17.7 Å². The summed E-state index contributed by atoms with van der Waals surface area (Å²) >= 11 is 0. The normalized spacial score (nSPS) is 17.9. The third kappa shape index (κ3) is 1.57. The van der Waals surface area contributed by atoms with Gasteiger partial charge in [-0.15, -0.1) is 0 Å². The third-order valence-corrected chi connectivity index (χ3v) is 2.79. The number of likely N-dealkylation sites (tertiary alicyclic amines) is 1. The fraction of sp³-hybridized carbons (Fsp3) is 0.364. The summed E-state index contributed by atoms with van der Waals surface area (Å²) < 4.78 is 30.5. The van der Waals surface area contributed by atoms with E-state index in [1.165, 1.54) is 12.1 Å². The van der Waals surface area contributed by atoms with E-state index in [9.17, 15) is 8.78 Å². The molecule has 0 amide bonds. The van der Waals surface area contributed by atoms with Crippen molar-refractivity contribution in [2.45, 2.75) is 12.7 Å². The van der Waals surface area contributed by atoms with Crippen molar-refractivity contribution in [2.75, 3.05) is 13.1 Å². The predicted octanol–water partition coefficient (Wildman–Crippen LogP) is 2.12. The number of halogens is 2. The second-order valence-corrected chi connectivity index (χ2v) is 4.06. The summed E-state index contributed by atoms with van der Waals surface area (Å²) in [6.45, 7) is 1.43. The Morgan fingerprint density at radius 2 is 2.25 bits per heavy atom. The smallest absolute Gasteiger partial charge is 0.170 e. The minimum atomic E-state index is -0.726. The molecule has 0 atom stereocenters. The highest BCUT2D eigenvalue weighted by atomic mass is 19.1. The molecule has 3 rings (SSSR count). The molecule has 0 spiro atoms. The molecule has 3 nitrogen and oxygen atoms in total. The van der Waals surface area contributed by atoms with E-state index in [1.807, 2.05) is 4.90 Å². The molecule has 0 N–H and O–H groups in total. The van der Waals surface area contributed by atoms with Gasteiger partial charge in [-0.25, -0.2) is 8.78 Å². The zero-order valence-corrected chi connectivity index (χ0v) is 8.49. The number of alkyl halides is 1. The standard InChI is InChI=1S/C11H10F2N2O/c12-7-1-2-9-10(14-16-11(9)3-7)6-15-4-8(13)5-15/h1-3,8H,4-6H2. The van der Waals surface area contributed by atoms with Gasteiger partial charge in [0, 0.05) is 31.1 Å². The Morgan fingerprint density at radius 3 is 3.00 bits per heavy atom. The van der Waals surface area contributed by atoms with Gasteiger partial charge >= 0.3 is 0 Å². The molecule has 16 heavy (non-hydrogen) atoms. The highest BCUT2D eigenvalue weighted by Crippen LogP contribution is 2.22. The quantitative estimate of drug-likeness (QED) is 0.782. The number of nitrogens with zero attached hydrogens (tertiary/aromatic N) is 2. The van der Waals surface area contributed by atoms with Crippen LogP contribution in [0.15, 0.2) is 22.7 Å². The van der Waals surface area contributed by atoms with Crippen molar-refractivity contribution >= 4 is 11.0 Å². The number of hydrogen-bond donors (Lipinski definition) is 0. The molecule has 0 radical (unpaired) electrons. The van der Waals surface area contributed by atoms with Crippen LogP contribution in [0.5, 0.6) is 0 Å². The monoisotopic (exact) mass is 224 g/mol. The van der Waals surface area contributed by atoms with E-state index < -0.39 is 6.17 Å². The highest BCUT2D eigenvalue weighted by molar-refractivity contribution is 5.79. The zero-order chi connectivity index (χ0) is 11.1. The van der Waals surface area contributed by atoms with Gasteiger partial charge in [0.2, 0.25) is 0 Å². The van der Waals surface area contributed by atoms with Crippen LogP contribution in [-0.4, -0.2) is 29.3 Å². The van der Waals surface area contributed by atoms with E-state index in [1.54, 1.807) is 6.07 Å². The van der Waals surface area contributed by atoms with Gasteiger partial charge in [-0.1, -0.05) is 5.16 Å². The van der Waals surface area contributed by atoms with E-state index in [0.717, 1.165) is 11.1 Å². The minimum Gasteiger partial charge on any atom is -0.356 e. The van der Waals surface area contributed by atoms with Crippen molar-refractivity contribution in [3.63, 3.8) is 0 Å². The molecule has 1 fully saturated rings. The zero-order valence-electron chi connectivity index (χ0n) is 8.49. The highest BCUT2D eigenvalue weighted by Gasteiger charge is 2.27. The van der Waals surface area contributed by atoms with Crippen molar-refractivity contribution in [3.8, 4) is 0 Å². The maximum absolute atomic E-state index is 12.9. The van der Waals surface area contributed by atoms with E-state index in [4.69, 9.17) is 4.52 Å². The lowest BCUT2D eigenvalue weighted by atomic mass is 10.1. The fourth-order valence-corrected chi connectivity index (χ4v) is 1.93. The first kappa shape index (κ1) is 9.72. The summed E-state index contributed by atoms with van der Waals surface area (Å²) in [5.74, 6) is -0.344. The Hall–Kier alpha value is -1.49. The first-order chi connectivity index (χ1) is 7.72. The maximum atomic E-state index is 12.9. The molecule has 0 aliphatic carbocycles. The van der Waals surface area contributed by atoms with Crippen LogP contribution in [0, 0.1) is 5.82 Å². The molecule has 1 aromatic carbocycles. The summed E-state index contributed by atoms with van der Waals surface area (Å²) in [7, 11) is 0. The van der Waals surface area contributed by atoms with Gasteiger partial charge in [0.25, 0.3) is 0 Å². The Balaban J connectivity index is 1.87. The van der Waals surface area contributed by atoms with Crippen LogP contribution in [0.25, 0.3) is 11.0 Å². The molecule has 0 bridgehead atoms. The molecule has 84 valence electrons. The van der Waals surface area contributed by atoms with Crippen molar-refractivity contribution in [3.05, 3.63) is 29.7 Å². The molecule has 0 unspecified atom stereocenters. The van der Waals surface area contributed by atoms with Crippen molar-refractivity contribution < 1.29 is 13.3 Å². The van der Waals surface area contributed by atoms with Gasteiger partial charge in [-0.05, 0) is 12.1 Å². The average Bonchev–Trinajstić information content (AvgIpc) is 2.58. The van der Waals surface area contributed by atoms with Crippen LogP contribution < -0.4 is 0 Å². The second kappa shape index (κ2) is 3.52. The number of fused-ring (bicyclic) bond motifs is 1. The molecule has 5 heteroatoms. The van der Waals surface area contributed by atoms with Gasteiger partial charge in [-0.2, -0.15) is 0 Å². The Morgan fingerprint density at radius 1 is 1.44 bits per heavy atom. The van der Waals surface area contributed by atoms with Gasteiger partial charge < -0.3 is 4.52 Å². The predicted molar refractivity (Wildman–Crippen MR) is 54.1 cm³/mol. The lowest BCUT2D eigenvalue weighted by molar-refractivity contribution is 0.0575. The average molecular weight is 224 g/mol. The number of hydrogen-bond acceptors (Lipinski definition) is 3. The molecule has 1 aliphatic rings. The number of aromatic nitrogens is 1. The lowest BCUT2D eigenvalue weighted by Gasteiger charge is -2.33. The number of rotatable bonds is 2. The van der Waals surface area contributed by atoms with Gasteiger partial charge in [0.05, 0.1) is 0 Å². The summed E-state index contributed by atoms with van der Waals surface area (Å²) in [6, 6.07) is 4.32. The van der Waals surface area contributed by atoms with Crippen LogP contribution in [0.3, 0.4) is 0 Å². The molecule has 1 saturated heterocycles. The summed E-state index contributed by atoms with van der Waals surface area (Å²) in [5, 5.41) is 4.67. The summed E-state index contributed by atoms with van der Waals surface area (Å²) in [5.41, 5.74) is 1.18. The SMILES string of the molecule is Fc1ccc2c(CN3CC(F)C3)noc2c1. The molecule has 1 aromatic heterocycles. The summed E-state index contributed by atoms with van der Waals surface area (Å²) in [4.78, 5) is 1.94. The third-order valence-electron chi connectivity index (χ3n) is 2.79. The van der Waals surface area contributed by atoms with Crippen molar-refractivity contribution in [1.29, 1.82) is 0 Å². The van der Waals surface area contributed by atoms with E-state index in [0.29, 0.717) is 25.2 Å². The first-order valence-corrected chi connectivity index (χ1v) is 5.12. The van der Waals surface area contributed by atoms with Gasteiger partial charge in [-0.3, -0.25) is 4.90 Å². The van der Waals surface area contributed by atoms with Crippen LogP contribution in [0.2, 0.25) is 0 Å². The first-order valence-electron chi connectivity index (χ1n) is 5.12. The van der Waals surface area contributed by atoms with Crippen molar-refractivity contribution in [1.82, 2.24) is 10.1 Å². The molecular formula is C11H10F2N2O. The van der Waals surface area contributed by atoms with E-state index >= 15 is 0 Å². The lowest BCUT2D eigenvalue weighted by Crippen LogP contribution is -2.47. The van der Waals surface area contributed by atoms with Crippen LogP contribution in [-0.2, 0) is 6.54 Å². The largest absolute Gasteiger partial charge is 0.356 e.